The minimum atomic E-state index is -0.431. The number of rotatable bonds is 3. The van der Waals surface area contributed by atoms with E-state index >= 15 is 0 Å². The number of carbonyl (C=O) groups is 1. The fraction of sp³-hybridized carbons (Fsp3) is 0.579. The normalized spacial score (nSPS) is 30.2. The number of aryl methyl sites for hydroxylation is 1. The second-order valence-electron chi connectivity index (χ2n) is 7.72. The molecular formula is C19H24N4O2. The van der Waals surface area contributed by atoms with Gasteiger partial charge in [0.2, 0.25) is 5.91 Å². The third-order valence-corrected chi connectivity index (χ3v) is 6.31. The van der Waals surface area contributed by atoms with Gasteiger partial charge in [-0.15, -0.1) is 0 Å². The highest BCUT2D eigenvalue weighted by Gasteiger charge is 2.58. The van der Waals surface area contributed by atoms with Crippen LogP contribution < -0.4 is 10.6 Å². The Bertz CT molecular complexity index is 814. The van der Waals surface area contributed by atoms with E-state index in [0.717, 1.165) is 37.3 Å². The first-order valence-corrected chi connectivity index (χ1v) is 9.23. The van der Waals surface area contributed by atoms with Gasteiger partial charge in [-0.3, -0.25) is 4.79 Å². The molecule has 2 aliphatic heterocycles. The molecule has 4 heterocycles. The van der Waals surface area contributed by atoms with E-state index < -0.39 is 5.54 Å². The van der Waals surface area contributed by atoms with Gasteiger partial charge in [0.25, 0.3) is 0 Å². The standard InChI is InChI=1S/C19H24N4O2/c1-12-3-2-6-23-15(12)11-21-18(23)19(4-7-25-8-5-19)22-17(24)16-13-9-20-10-14(13)16/h2-3,6,11,13-14,16,20H,4-5,7-10H2,1H3,(H,22,24). The molecule has 2 saturated heterocycles. The molecule has 3 aliphatic rings. The third kappa shape index (κ3) is 2.31. The summed E-state index contributed by atoms with van der Waals surface area (Å²) in [6.07, 6.45) is 5.51. The van der Waals surface area contributed by atoms with E-state index in [9.17, 15) is 4.79 Å². The minimum Gasteiger partial charge on any atom is -0.381 e. The van der Waals surface area contributed by atoms with Crippen molar-refractivity contribution in [2.75, 3.05) is 26.3 Å². The Hall–Kier alpha value is -1.92. The van der Waals surface area contributed by atoms with E-state index in [1.54, 1.807) is 0 Å². The molecule has 25 heavy (non-hydrogen) atoms. The van der Waals surface area contributed by atoms with Crippen molar-refractivity contribution in [2.45, 2.75) is 25.3 Å². The molecule has 6 nitrogen and oxygen atoms in total. The summed E-state index contributed by atoms with van der Waals surface area (Å²) in [5.74, 6) is 2.36. The zero-order chi connectivity index (χ0) is 17.0. The van der Waals surface area contributed by atoms with E-state index in [1.165, 1.54) is 5.56 Å². The van der Waals surface area contributed by atoms with Gasteiger partial charge in [0.15, 0.2) is 0 Å². The molecule has 132 valence electrons. The van der Waals surface area contributed by atoms with E-state index in [4.69, 9.17) is 9.72 Å². The zero-order valence-corrected chi connectivity index (χ0v) is 14.5. The van der Waals surface area contributed by atoms with Gasteiger partial charge in [-0.05, 0) is 43.5 Å². The summed E-state index contributed by atoms with van der Waals surface area (Å²) in [7, 11) is 0. The molecule has 2 atom stereocenters. The molecule has 2 unspecified atom stereocenters. The van der Waals surface area contributed by atoms with Gasteiger partial charge in [0, 0.05) is 38.2 Å². The number of carbonyl (C=O) groups excluding carboxylic acids is 1. The number of hydrogen-bond acceptors (Lipinski definition) is 4. The summed E-state index contributed by atoms with van der Waals surface area (Å²) in [4.78, 5) is 17.7. The van der Waals surface area contributed by atoms with Crippen LogP contribution in [0.5, 0.6) is 0 Å². The molecule has 2 aromatic rings. The molecule has 0 bridgehead atoms. The second kappa shape index (κ2) is 5.54. The molecule has 1 saturated carbocycles. The molecule has 0 spiro atoms. The van der Waals surface area contributed by atoms with Crippen LogP contribution >= 0.6 is 0 Å². The molecule has 1 aliphatic carbocycles. The van der Waals surface area contributed by atoms with Gasteiger partial charge < -0.3 is 19.8 Å². The summed E-state index contributed by atoms with van der Waals surface area (Å²) in [6.45, 7) is 5.35. The fourth-order valence-electron chi connectivity index (χ4n) is 4.77. The van der Waals surface area contributed by atoms with Gasteiger partial charge in [-0.2, -0.15) is 0 Å². The van der Waals surface area contributed by atoms with E-state index in [2.05, 4.69) is 28.0 Å². The average molecular weight is 340 g/mol. The molecule has 0 aromatic carbocycles. The van der Waals surface area contributed by atoms with Crippen LogP contribution in [0.4, 0.5) is 0 Å². The lowest BCUT2D eigenvalue weighted by atomic mass is 9.88. The minimum absolute atomic E-state index is 0.175. The Morgan fingerprint density at radius 2 is 2.12 bits per heavy atom. The highest BCUT2D eigenvalue weighted by molar-refractivity contribution is 5.83. The van der Waals surface area contributed by atoms with Crippen LogP contribution in [-0.4, -0.2) is 41.6 Å². The summed E-state index contributed by atoms with van der Waals surface area (Å²) >= 11 is 0. The molecular weight excluding hydrogens is 316 g/mol. The Labute approximate surface area is 147 Å². The van der Waals surface area contributed by atoms with Crippen LogP contribution in [0.2, 0.25) is 0 Å². The lowest BCUT2D eigenvalue weighted by Gasteiger charge is -2.37. The highest BCUT2D eigenvalue weighted by Crippen LogP contribution is 2.49. The molecule has 1 amide bonds. The largest absolute Gasteiger partial charge is 0.381 e. The lowest BCUT2D eigenvalue weighted by molar-refractivity contribution is -0.126. The monoisotopic (exact) mass is 340 g/mol. The number of fused-ring (bicyclic) bond motifs is 2. The second-order valence-corrected chi connectivity index (χ2v) is 7.72. The Morgan fingerprint density at radius 1 is 1.36 bits per heavy atom. The van der Waals surface area contributed by atoms with Crippen LogP contribution in [0.25, 0.3) is 5.52 Å². The van der Waals surface area contributed by atoms with Crippen LogP contribution in [0, 0.1) is 24.7 Å². The molecule has 2 aromatic heterocycles. The first kappa shape index (κ1) is 15.3. The number of pyridine rings is 1. The molecule has 2 N–H and O–H groups in total. The van der Waals surface area contributed by atoms with E-state index in [1.807, 2.05) is 18.5 Å². The smallest absolute Gasteiger partial charge is 0.224 e. The summed E-state index contributed by atoms with van der Waals surface area (Å²) in [5, 5.41) is 6.77. The predicted molar refractivity (Wildman–Crippen MR) is 93.1 cm³/mol. The average Bonchev–Trinajstić information content (AvgIpc) is 2.98. The lowest BCUT2D eigenvalue weighted by Crippen LogP contribution is -2.51. The fourth-order valence-corrected chi connectivity index (χ4v) is 4.77. The maximum Gasteiger partial charge on any atom is 0.224 e. The highest BCUT2D eigenvalue weighted by atomic mass is 16.5. The number of nitrogens with one attached hydrogen (secondary N) is 2. The first-order chi connectivity index (χ1) is 12.2. The van der Waals surface area contributed by atoms with Crippen molar-refractivity contribution in [1.82, 2.24) is 20.0 Å². The van der Waals surface area contributed by atoms with Gasteiger partial charge in [0.05, 0.1) is 11.7 Å². The van der Waals surface area contributed by atoms with Crippen molar-refractivity contribution >= 4 is 11.4 Å². The maximum absolute atomic E-state index is 13.0. The number of aromatic nitrogens is 2. The van der Waals surface area contributed by atoms with Crippen LogP contribution in [0.3, 0.4) is 0 Å². The summed E-state index contributed by atoms with van der Waals surface area (Å²) in [6, 6.07) is 4.13. The topological polar surface area (TPSA) is 67.7 Å². The van der Waals surface area contributed by atoms with Crippen molar-refractivity contribution in [3.63, 3.8) is 0 Å². The van der Waals surface area contributed by atoms with E-state index in [-0.39, 0.29) is 11.8 Å². The SMILES string of the molecule is Cc1cccn2c(C3(NC(=O)C4C5CNCC54)CCOCC3)ncc12. The number of amides is 1. The zero-order valence-electron chi connectivity index (χ0n) is 14.5. The Balaban J connectivity index is 1.50. The first-order valence-electron chi connectivity index (χ1n) is 9.23. The van der Waals surface area contributed by atoms with Crippen molar-refractivity contribution in [1.29, 1.82) is 0 Å². The van der Waals surface area contributed by atoms with Gasteiger partial charge in [0.1, 0.15) is 11.4 Å². The number of piperidine rings is 1. The maximum atomic E-state index is 13.0. The van der Waals surface area contributed by atoms with Crippen molar-refractivity contribution in [2.24, 2.45) is 17.8 Å². The van der Waals surface area contributed by atoms with Gasteiger partial charge in [-0.1, -0.05) is 6.07 Å². The Morgan fingerprint density at radius 3 is 2.88 bits per heavy atom. The van der Waals surface area contributed by atoms with Crippen molar-refractivity contribution in [3.05, 3.63) is 35.9 Å². The summed E-state index contributed by atoms with van der Waals surface area (Å²) in [5.41, 5.74) is 1.86. The van der Waals surface area contributed by atoms with Crippen LogP contribution in [-0.2, 0) is 15.1 Å². The summed E-state index contributed by atoms with van der Waals surface area (Å²) < 4.78 is 7.73. The van der Waals surface area contributed by atoms with Gasteiger partial charge in [-0.25, -0.2) is 4.98 Å². The van der Waals surface area contributed by atoms with Crippen LogP contribution in [0.15, 0.2) is 24.5 Å². The third-order valence-electron chi connectivity index (χ3n) is 6.31. The number of nitrogens with zero attached hydrogens (tertiary/aromatic N) is 2. The van der Waals surface area contributed by atoms with Crippen molar-refractivity contribution in [3.8, 4) is 0 Å². The molecule has 6 heteroatoms. The number of imidazole rings is 1. The molecule has 3 fully saturated rings. The molecule has 0 radical (unpaired) electrons. The van der Waals surface area contributed by atoms with Crippen LogP contribution in [0.1, 0.15) is 24.2 Å². The van der Waals surface area contributed by atoms with Gasteiger partial charge >= 0.3 is 0 Å². The predicted octanol–water partition coefficient (Wildman–Crippen LogP) is 1.23. The molecule has 5 rings (SSSR count). The Kier molecular flexibility index (Phi) is 3.40. The van der Waals surface area contributed by atoms with Crippen molar-refractivity contribution < 1.29 is 9.53 Å². The quantitative estimate of drug-likeness (QED) is 0.882. The number of hydrogen-bond donors (Lipinski definition) is 2. The van der Waals surface area contributed by atoms with E-state index in [0.29, 0.717) is 25.0 Å². The number of ether oxygens (including phenoxy) is 1.